The zero-order chi connectivity index (χ0) is 12.4. The second-order valence-electron chi connectivity index (χ2n) is 5.27. The second kappa shape index (κ2) is 5.40. The number of nitrogens with two attached hydrogens (primary N) is 1. The fraction of sp³-hybridized carbons (Fsp3) is 0.571. The Kier molecular flexibility index (Phi) is 4.10. The Morgan fingerprint density at radius 1 is 1.47 bits per heavy atom. The Bertz CT molecular complexity index is 390. The van der Waals surface area contributed by atoms with Crippen molar-refractivity contribution in [2.45, 2.75) is 39.3 Å². The highest BCUT2D eigenvalue weighted by Gasteiger charge is 2.27. The van der Waals surface area contributed by atoms with E-state index in [4.69, 9.17) is 5.73 Å². The Morgan fingerprint density at radius 2 is 2.24 bits per heavy atom. The molecule has 1 aliphatic heterocycles. The average molecular weight is 297 g/mol. The summed E-state index contributed by atoms with van der Waals surface area (Å²) >= 11 is 3.61. The summed E-state index contributed by atoms with van der Waals surface area (Å²) in [6, 6.07) is 6.80. The highest BCUT2D eigenvalue weighted by molar-refractivity contribution is 9.10. The minimum Gasteiger partial charge on any atom is -0.399 e. The number of nitrogen functional groups attached to an aromatic ring is 1. The van der Waals surface area contributed by atoms with Crippen LogP contribution in [0.3, 0.4) is 0 Å². The summed E-state index contributed by atoms with van der Waals surface area (Å²) in [5.41, 5.74) is 8.01. The van der Waals surface area contributed by atoms with Gasteiger partial charge in [0, 0.05) is 22.7 Å². The van der Waals surface area contributed by atoms with Gasteiger partial charge in [0.2, 0.25) is 0 Å². The predicted molar refractivity (Wildman–Crippen MR) is 76.8 cm³/mol. The molecule has 2 N–H and O–H groups in total. The highest BCUT2D eigenvalue weighted by atomic mass is 79.9. The SMILES string of the molecule is CC(C)C1CCCN1Cc1cc(N)ccc1Br. The standard InChI is InChI=1S/C14H21BrN2/c1-10(2)14-4-3-7-17(14)9-11-8-12(16)5-6-13(11)15/h5-6,8,10,14H,3-4,7,9,16H2,1-2H3. The zero-order valence-corrected chi connectivity index (χ0v) is 12.2. The average Bonchev–Trinajstić information content (AvgIpc) is 2.71. The first-order valence-electron chi connectivity index (χ1n) is 6.36. The Labute approximate surface area is 112 Å². The van der Waals surface area contributed by atoms with E-state index < -0.39 is 0 Å². The zero-order valence-electron chi connectivity index (χ0n) is 10.6. The van der Waals surface area contributed by atoms with Crippen molar-refractivity contribution < 1.29 is 0 Å². The van der Waals surface area contributed by atoms with Gasteiger partial charge in [0.15, 0.2) is 0 Å². The molecule has 1 heterocycles. The molecule has 0 aromatic heterocycles. The fourth-order valence-electron chi connectivity index (χ4n) is 2.74. The van der Waals surface area contributed by atoms with Gasteiger partial charge in [0.05, 0.1) is 0 Å². The number of nitrogens with zero attached hydrogens (tertiary/aromatic N) is 1. The van der Waals surface area contributed by atoms with Gasteiger partial charge in [-0.1, -0.05) is 29.8 Å². The summed E-state index contributed by atoms with van der Waals surface area (Å²) in [6.45, 7) is 6.85. The van der Waals surface area contributed by atoms with Gasteiger partial charge in [-0.05, 0) is 49.1 Å². The molecule has 0 saturated carbocycles. The number of likely N-dealkylation sites (tertiary alicyclic amines) is 1. The molecule has 1 aliphatic rings. The van der Waals surface area contributed by atoms with Crippen LogP contribution in [0.25, 0.3) is 0 Å². The van der Waals surface area contributed by atoms with E-state index in [1.54, 1.807) is 0 Å². The maximum atomic E-state index is 5.86. The third kappa shape index (κ3) is 3.02. The molecule has 17 heavy (non-hydrogen) atoms. The number of anilines is 1. The van der Waals surface area contributed by atoms with Gasteiger partial charge >= 0.3 is 0 Å². The van der Waals surface area contributed by atoms with E-state index in [1.165, 1.54) is 29.4 Å². The lowest BCUT2D eigenvalue weighted by molar-refractivity contribution is 0.198. The molecule has 0 amide bonds. The first-order valence-corrected chi connectivity index (χ1v) is 7.15. The lowest BCUT2D eigenvalue weighted by atomic mass is 10.0. The van der Waals surface area contributed by atoms with Crippen LogP contribution in [0, 0.1) is 5.92 Å². The molecular weight excluding hydrogens is 276 g/mol. The van der Waals surface area contributed by atoms with Crippen LogP contribution in [-0.2, 0) is 6.54 Å². The third-order valence-electron chi connectivity index (χ3n) is 3.63. The minimum atomic E-state index is 0.725. The fourth-order valence-corrected chi connectivity index (χ4v) is 3.11. The normalized spacial score (nSPS) is 21.3. The first kappa shape index (κ1) is 12.9. The molecule has 0 bridgehead atoms. The Morgan fingerprint density at radius 3 is 2.94 bits per heavy atom. The monoisotopic (exact) mass is 296 g/mol. The van der Waals surface area contributed by atoms with Gasteiger partial charge < -0.3 is 5.73 Å². The highest BCUT2D eigenvalue weighted by Crippen LogP contribution is 2.28. The summed E-state index contributed by atoms with van der Waals surface area (Å²) in [7, 11) is 0. The maximum absolute atomic E-state index is 5.86. The van der Waals surface area contributed by atoms with Gasteiger partial charge in [-0.3, -0.25) is 4.90 Å². The van der Waals surface area contributed by atoms with Crippen LogP contribution in [-0.4, -0.2) is 17.5 Å². The predicted octanol–water partition coefficient (Wildman–Crippen LogP) is 3.65. The van der Waals surface area contributed by atoms with Crippen LogP contribution >= 0.6 is 15.9 Å². The van der Waals surface area contributed by atoms with Crippen molar-refractivity contribution in [1.82, 2.24) is 4.90 Å². The first-order chi connectivity index (χ1) is 8.08. The molecule has 1 aromatic carbocycles. The second-order valence-corrected chi connectivity index (χ2v) is 6.13. The summed E-state index contributed by atoms with van der Waals surface area (Å²) in [5.74, 6) is 0.734. The van der Waals surface area contributed by atoms with E-state index in [0.717, 1.165) is 24.2 Å². The van der Waals surface area contributed by atoms with Crippen LogP contribution in [0.4, 0.5) is 5.69 Å². The Balaban J connectivity index is 2.12. The van der Waals surface area contributed by atoms with Crippen molar-refractivity contribution in [3.05, 3.63) is 28.2 Å². The van der Waals surface area contributed by atoms with E-state index >= 15 is 0 Å². The van der Waals surface area contributed by atoms with Crippen LogP contribution in [0.1, 0.15) is 32.3 Å². The van der Waals surface area contributed by atoms with E-state index in [-0.39, 0.29) is 0 Å². The quantitative estimate of drug-likeness (QED) is 0.863. The van der Waals surface area contributed by atoms with E-state index in [2.05, 4.69) is 40.7 Å². The molecule has 1 fully saturated rings. The van der Waals surface area contributed by atoms with E-state index in [1.807, 2.05) is 12.1 Å². The van der Waals surface area contributed by atoms with E-state index in [9.17, 15) is 0 Å². The lowest BCUT2D eigenvalue weighted by Gasteiger charge is -2.28. The van der Waals surface area contributed by atoms with Crippen molar-refractivity contribution in [3.63, 3.8) is 0 Å². The number of hydrogen-bond donors (Lipinski definition) is 1. The molecule has 2 rings (SSSR count). The summed E-state index contributed by atoms with van der Waals surface area (Å²) in [4.78, 5) is 2.59. The van der Waals surface area contributed by atoms with Crippen LogP contribution < -0.4 is 5.73 Å². The summed E-state index contributed by atoms with van der Waals surface area (Å²) in [6.07, 6.45) is 2.65. The Hall–Kier alpha value is -0.540. The van der Waals surface area contributed by atoms with Crippen molar-refractivity contribution in [3.8, 4) is 0 Å². The van der Waals surface area contributed by atoms with Crippen molar-refractivity contribution in [2.24, 2.45) is 5.92 Å². The molecule has 1 atom stereocenters. The molecule has 1 saturated heterocycles. The molecule has 0 spiro atoms. The minimum absolute atomic E-state index is 0.725. The number of benzene rings is 1. The van der Waals surface area contributed by atoms with Crippen LogP contribution in [0.5, 0.6) is 0 Å². The number of hydrogen-bond acceptors (Lipinski definition) is 2. The number of rotatable bonds is 3. The molecule has 1 aromatic rings. The number of halogens is 1. The van der Waals surface area contributed by atoms with Gasteiger partial charge in [0.1, 0.15) is 0 Å². The van der Waals surface area contributed by atoms with Crippen molar-refractivity contribution in [1.29, 1.82) is 0 Å². The molecular formula is C14H21BrN2. The van der Waals surface area contributed by atoms with Crippen LogP contribution in [0.15, 0.2) is 22.7 Å². The van der Waals surface area contributed by atoms with Crippen molar-refractivity contribution in [2.75, 3.05) is 12.3 Å². The van der Waals surface area contributed by atoms with Gasteiger partial charge in [0.25, 0.3) is 0 Å². The maximum Gasteiger partial charge on any atom is 0.0318 e. The molecule has 94 valence electrons. The molecule has 0 radical (unpaired) electrons. The molecule has 3 heteroatoms. The van der Waals surface area contributed by atoms with E-state index in [0.29, 0.717) is 0 Å². The molecule has 2 nitrogen and oxygen atoms in total. The largest absolute Gasteiger partial charge is 0.399 e. The van der Waals surface area contributed by atoms with Crippen LogP contribution in [0.2, 0.25) is 0 Å². The lowest BCUT2D eigenvalue weighted by Crippen LogP contribution is -2.32. The van der Waals surface area contributed by atoms with Crippen molar-refractivity contribution >= 4 is 21.6 Å². The van der Waals surface area contributed by atoms with Gasteiger partial charge in [-0.2, -0.15) is 0 Å². The summed E-state index contributed by atoms with van der Waals surface area (Å²) < 4.78 is 1.17. The van der Waals surface area contributed by atoms with Gasteiger partial charge in [-0.15, -0.1) is 0 Å². The topological polar surface area (TPSA) is 29.3 Å². The third-order valence-corrected chi connectivity index (χ3v) is 4.40. The van der Waals surface area contributed by atoms with Gasteiger partial charge in [-0.25, -0.2) is 0 Å². The molecule has 0 aliphatic carbocycles. The molecule has 1 unspecified atom stereocenters. The smallest absolute Gasteiger partial charge is 0.0318 e. The summed E-state index contributed by atoms with van der Waals surface area (Å²) in [5, 5.41) is 0.